The van der Waals surface area contributed by atoms with E-state index in [4.69, 9.17) is 0 Å². The summed E-state index contributed by atoms with van der Waals surface area (Å²) in [4.78, 5) is 14.4. The molecule has 0 spiro atoms. The largest absolute Gasteiger partial charge is 0.337 e. The molecule has 0 saturated heterocycles. The number of thioether (sulfide) groups is 1. The van der Waals surface area contributed by atoms with Crippen LogP contribution in [0.2, 0.25) is 0 Å². The maximum Gasteiger partial charge on any atom is 0.233 e. The van der Waals surface area contributed by atoms with Gasteiger partial charge in [-0.2, -0.15) is 0 Å². The first-order chi connectivity index (χ1) is 13.2. The molecule has 0 fully saturated rings. The van der Waals surface area contributed by atoms with E-state index < -0.39 is 0 Å². The van der Waals surface area contributed by atoms with E-state index in [2.05, 4.69) is 27.6 Å². The lowest BCUT2D eigenvalue weighted by Crippen LogP contribution is -2.37. The number of nitrogens with zero attached hydrogens (tertiary/aromatic N) is 3. The molecule has 0 saturated carbocycles. The molecule has 1 aliphatic rings. The molecule has 1 N–H and O–H groups in total. The minimum atomic E-state index is -0.345. The maximum absolute atomic E-state index is 13.7. The first-order valence-corrected chi connectivity index (χ1v) is 10.3. The van der Waals surface area contributed by atoms with Crippen molar-refractivity contribution in [2.24, 2.45) is 0 Å². The topological polar surface area (TPSA) is 58.1 Å². The second-order valence-corrected chi connectivity index (χ2v) is 8.30. The zero-order valence-corrected chi connectivity index (χ0v) is 16.0. The Labute approximate surface area is 164 Å². The summed E-state index contributed by atoms with van der Waals surface area (Å²) in [6, 6.07) is 14.6. The van der Waals surface area contributed by atoms with Crippen LogP contribution in [-0.4, -0.2) is 33.3 Å². The highest BCUT2D eigenvalue weighted by atomic mass is 32.2. The molecule has 8 heteroatoms. The lowest BCUT2D eigenvalue weighted by molar-refractivity contribution is -0.129. The number of fused-ring (bicyclic) bond motifs is 1. The van der Waals surface area contributed by atoms with Crippen molar-refractivity contribution in [3.8, 4) is 0 Å². The highest BCUT2D eigenvalue weighted by Crippen LogP contribution is 2.29. The van der Waals surface area contributed by atoms with Crippen LogP contribution in [-0.2, 0) is 17.8 Å². The van der Waals surface area contributed by atoms with Gasteiger partial charge in [-0.3, -0.25) is 4.79 Å². The van der Waals surface area contributed by atoms with E-state index in [1.54, 1.807) is 18.2 Å². The van der Waals surface area contributed by atoms with Crippen molar-refractivity contribution in [1.29, 1.82) is 0 Å². The van der Waals surface area contributed by atoms with Crippen molar-refractivity contribution in [2.45, 2.75) is 17.3 Å². The molecule has 0 radical (unpaired) electrons. The van der Waals surface area contributed by atoms with Gasteiger partial charge in [-0.15, -0.1) is 10.2 Å². The Morgan fingerprint density at radius 2 is 1.93 bits per heavy atom. The number of anilines is 2. The van der Waals surface area contributed by atoms with Gasteiger partial charge in [0.15, 0.2) is 4.34 Å². The zero-order valence-electron chi connectivity index (χ0n) is 14.4. The van der Waals surface area contributed by atoms with Crippen LogP contribution < -0.4 is 5.32 Å². The molecule has 0 aliphatic carbocycles. The van der Waals surface area contributed by atoms with Crippen molar-refractivity contribution in [2.75, 3.05) is 17.6 Å². The predicted molar refractivity (Wildman–Crippen MR) is 106 cm³/mol. The molecular formula is C19H17FN4OS2. The summed E-state index contributed by atoms with van der Waals surface area (Å²) in [5, 5.41) is 11.5. The second-order valence-electron chi connectivity index (χ2n) is 6.10. The highest BCUT2D eigenvalue weighted by Gasteiger charge is 2.20. The average molecular weight is 401 g/mol. The van der Waals surface area contributed by atoms with Gasteiger partial charge in [-0.25, -0.2) is 4.39 Å². The summed E-state index contributed by atoms with van der Waals surface area (Å²) in [5.74, 6) is 0.0621. The molecule has 27 heavy (non-hydrogen) atoms. The fourth-order valence-electron chi connectivity index (χ4n) is 2.92. The van der Waals surface area contributed by atoms with Crippen LogP contribution in [0.1, 0.15) is 11.1 Å². The lowest BCUT2D eigenvalue weighted by Gasteiger charge is -2.28. The van der Waals surface area contributed by atoms with Crippen molar-refractivity contribution < 1.29 is 9.18 Å². The van der Waals surface area contributed by atoms with E-state index in [0.29, 0.717) is 27.5 Å². The molecule has 5 nitrogen and oxygen atoms in total. The van der Waals surface area contributed by atoms with Crippen LogP contribution in [0.25, 0.3) is 0 Å². The Morgan fingerprint density at radius 3 is 2.78 bits per heavy atom. The van der Waals surface area contributed by atoms with Crippen LogP contribution >= 0.6 is 23.1 Å². The molecular weight excluding hydrogens is 383 g/mol. The summed E-state index contributed by atoms with van der Waals surface area (Å²) in [6.45, 7) is 1.40. The Kier molecular flexibility index (Phi) is 5.35. The number of para-hydroxylation sites is 1. The Balaban J connectivity index is 1.32. The minimum absolute atomic E-state index is 0.0910. The van der Waals surface area contributed by atoms with E-state index in [0.717, 1.165) is 13.0 Å². The van der Waals surface area contributed by atoms with Crippen LogP contribution in [0.3, 0.4) is 0 Å². The number of halogens is 1. The van der Waals surface area contributed by atoms with Gasteiger partial charge in [0, 0.05) is 13.1 Å². The molecule has 4 rings (SSSR count). The number of aromatic nitrogens is 2. The van der Waals surface area contributed by atoms with Crippen molar-refractivity contribution >= 4 is 39.8 Å². The van der Waals surface area contributed by atoms with Crippen LogP contribution in [0.5, 0.6) is 0 Å². The monoisotopic (exact) mass is 400 g/mol. The number of rotatable bonds is 5. The first-order valence-electron chi connectivity index (χ1n) is 8.51. The molecule has 2 heterocycles. The number of carbonyl (C=O) groups excluding carboxylic acids is 1. The third-order valence-electron chi connectivity index (χ3n) is 4.32. The number of carbonyl (C=O) groups is 1. The Bertz CT molecular complexity index is 962. The van der Waals surface area contributed by atoms with Gasteiger partial charge < -0.3 is 10.2 Å². The van der Waals surface area contributed by atoms with E-state index in [1.807, 2.05) is 17.0 Å². The third-order valence-corrected chi connectivity index (χ3v) is 6.28. The lowest BCUT2D eigenvalue weighted by atomic mass is 10.00. The zero-order chi connectivity index (χ0) is 18.6. The van der Waals surface area contributed by atoms with E-state index in [1.165, 1.54) is 40.3 Å². The molecule has 2 aromatic carbocycles. The standard InChI is InChI=1S/C19H17FN4OS2/c20-15-7-3-4-8-16(15)21-18-22-23-19(27-18)26-12-17(25)24-10-9-13-5-1-2-6-14(13)11-24/h1-8H,9-12H2,(H,21,22). The van der Waals surface area contributed by atoms with E-state index in [9.17, 15) is 9.18 Å². The number of hydrogen-bond acceptors (Lipinski definition) is 6. The summed E-state index contributed by atoms with van der Waals surface area (Å²) in [7, 11) is 0. The average Bonchev–Trinajstić information content (AvgIpc) is 3.15. The molecule has 138 valence electrons. The fraction of sp³-hybridized carbons (Fsp3) is 0.211. The molecule has 3 aromatic rings. The quantitative estimate of drug-likeness (QED) is 0.654. The van der Waals surface area contributed by atoms with Crippen molar-refractivity contribution in [3.05, 3.63) is 65.5 Å². The normalized spacial score (nSPS) is 13.3. The Hall–Kier alpha value is -2.45. The molecule has 0 atom stereocenters. The summed E-state index contributed by atoms with van der Waals surface area (Å²) < 4.78 is 14.4. The number of hydrogen-bond donors (Lipinski definition) is 1. The fourth-order valence-corrected chi connectivity index (χ4v) is 4.59. The van der Waals surface area contributed by atoms with Gasteiger partial charge >= 0.3 is 0 Å². The van der Waals surface area contributed by atoms with Crippen molar-refractivity contribution in [1.82, 2.24) is 15.1 Å². The van der Waals surface area contributed by atoms with Crippen LogP contribution in [0, 0.1) is 5.82 Å². The van der Waals surface area contributed by atoms with Crippen molar-refractivity contribution in [3.63, 3.8) is 0 Å². The molecule has 1 aliphatic heterocycles. The SMILES string of the molecule is O=C(CSc1nnc(Nc2ccccc2F)s1)N1CCc2ccccc2C1. The van der Waals surface area contributed by atoms with E-state index in [-0.39, 0.29) is 11.7 Å². The van der Waals surface area contributed by atoms with Gasteiger partial charge in [-0.05, 0) is 29.7 Å². The summed E-state index contributed by atoms with van der Waals surface area (Å²) in [5.41, 5.74) is 2.89. The smallest absolute Gasteiger partial charge is 0.233 e. The van der Waals surface area contributed by atoms with Gasteiger partial charge in [0.2, 0.25) is 11.0 Å². The number of nitrogens with one attached hydrogen (secondary N) is 1. The molecule has 1 aromatic heterocycles. The minimum Gasteiger partial charge on any atom is -0.337 e. The second kappa shape index (κ2) is 8.06. The number of benzene rings is 2. The third kappa shape index (κ3) is 4.28. The van der Waals surface area contributed by atoms with Gasteiger partial charge in [-0.1, -0.05) is 59.5 Å². The molecule has 1 amide bonds. The molecule has 0 bridgehead atoms. The molecule has 0 unspecified atom stereocenters. The van der Waals surface area contributed by atoms with Gasteiger partial charge in [0.25, 0.3) is 0 Å². The summed E-state index contributed by atoms with van der Waals surface area (Å²) in [6.07, 6.45) is 0.891. The van der Waals surface area contributed by atoms with Crippen LogP contribution in [0.15, 0.2) is 52.9 Å². The predicted octanol–water partition coefficient (Wildman–Crippen LogP) is 4.10. The Morgan fingerprint density at radius 1 is 1.15 bits per heavy atom. The summed E-state index contributed by atoms with van der Waals surface area (Å²) >= 11 is 2.66. The first kappa shape index (κ1) is 17.9. The maximum atomic E-state index is 13.7. The number of amides is 1. The highest BCUT2D eigenvalue weighted by molar-refractivity contribution is 8.01. The van der Waals surface area contributed by atoms with Crippen LogP contribution in [0.4, 0.5) is 15.2 Å². The van der Waals surface area contributed by atoms with E-state index >= 15 is 0 Å². The van der Waals surface area contributed by atoms with Gasteiger partial charge in [0.1, 0.15) is 5.82 Å². The van der Waals surface area contributed by atoms with Gasteiger partial charge in [0.05, 0.1) is 11.4 Å².